The van der Waals surface area contributed by atoms with Crippen molar-refractivity contribution in [2.75, 3.05) is 19.4 Å². The predicted octanol–water partition coefficient (Wildman–Crippen LogP) is 1.14. The Labute approximate surface area is 81.3 Å². The summed E-state index contributed by atoms with van der Waals surface area (Å²) in [5, 5.41) is 5.69. The van der Waals surface area contributed by atoms with Gasteiger partial charge in [-0.05, 0) is 6.07 Å². The van der Waals surface area contributed by atoms with Crippen molar-refractivity contribution >= 4 is 23.3 Å². The van der Waals surface area contributed by atoms with Crippen molar-refractivity contribution < 1.29 is 4.79 Å². The van der Waals surface area contributed by atoms with Gasteiger partial charge in [-0.1, -0.05) is 11.6 Å². The van der Waals surface area contributed by atoms with E-state index in [1.807, 2.05) is 0 Å². The van der Waals surface area contributed by atoms with Gasteiger partial charge in [0.15, 0.2) is 0 Å². The number of halogens is 1. The van der Waals surface area contributed by atoms with Gasteiger partial charge in [0, 0.05) is 20.3 Å². The van der Waals surface area contributed by atoms with Gasteiger partial charge in [-0.15, -0.1) is 0 Å². The molecule has 2 N–H and O–H groups in total. The van der Waals surface area contributed by atoms with E-state index in [0.29, 0.717) is 16.4 Å². The summed E-state index contributed by atoms with van der Waals surface area (Å²) in [5.74, 6) is 0.401. The van der Waals surface area contributed by atoms with Gasteiger partial charge in [-0.2, -0.15) is 0 Å². The van der Waals surface area contributed by atoms with E-state index in [-0.39, 0.29) is 5.91 Å². The molecule has 4 nitrogen and oxygen atoms in total. The second-order valence-corrected chi connectivity index (χ2v) is 2.79. The van der Waals surface area contributed by atoms with E-state index in [9.17, 15) is 4.79 Å². The molecule has 0 radical (unpaired) electrons. The van der Waals surface area contributed by atoms with E-state index in [2.05, 4.69) is 15.6 Å². The molecule has 5 heteroatoms. The normalized spacial score (nSPS) is 9.46. The summed E-state index contributed by atoms with van der Waals surface area (Å²) in [6.07, 6.45) is 1.44. The lowest BCUT2D eigenvalue weighted by Gasteiger charge is -2.04. The highest BCUT2D eigenvalue weighted by Gasteiger charge is 2.08. The standard InChI is InChI=1S/C8H10ClN3O/c1-10-7-3-6(9)5(4-12-7)8(13)11-2/h3-4H,1-2H3,(H,10,12)(H,11,13). The van der Waals surface area contributed by atoms with Crippen molar-refractivity contribution in [3.63, 3.8) is 0 Å². The third-order valence-electron chi connectivity index (χ3n) is 1.58. The molecule has 1 amide bonds. The summed E-state index contributed by atoms with van der Waals surface area (Å²) in [6.45, 7) is 0. The molecular formula is C8H10ClN3O. The number of carbonyl (C=O) groups excluding carboxylic acids is 1. The third-order valence-corrected chi connectivity index (χ3v) is 1.89. The largest absolute Gasteiger partial charge is 0.373 e. The maximum absolute atomic E-state index is 11.2. The Morgan fingerprint density at radius 3 is 2.69 bits per heavy atom. The molecule has 1 aromatic rings. The Morgan fingerprint density at radius 1 is 1.54 bits per heavy atom. The summed E-state index contributed by atoms with van der Waals surface area (Å²) < 4.78 is 0. The Bertz CT molecular complexity index is 327. The number of hydrogen-bond acceptors (Lipinski definition) is 3. The van der Waals surface area contributed by atoms with Gasteiger partial charge < -0.3 is 10.6 Å². The summed E-state index contributed by atoms with van der Waals surface area (Å²) >= 11 is 5.84. The minimum atomic E-state index is -0.236. The number of nitrogens with one attached hydrogen (secondary N) is 2. The quantitative estimate of drug-likeness (QED) is 0.751. The molecule has 1 heterocycles. The molecule has 0 bridgehead atoms. The van der Waals surface area contributed by atoms with Gasteiger partial charge in [0.1, 0.15) is 5.82 Å². The van der Waals surface area contributed by atoms with Crippen LogP contribution in [0.4, 0.5) is 5.82 Å². The Hall–Kier alpha value is -1.29. The first kappa shape index (κ1) is 9.80. The number of aromatic nitrogens is 1. The molecule has 0 saturated carbocycles. The molecule has 0 fully saturated rings. The lowest BCUT2D eigenvalue weighted by Crippen LogP contribution is -2.18. The molecule has 0 aliphatic carbocycles. The van der Waals surface area contributed by atoms with E-state index in [4.69, 9.17) is 11.6 Å². The molecule has 0 aliphatic heterocycles. The highest BCUT2D eigenvalue weighted by molar-refractivity contribution is 6.34. The van der Waals surface area contributed by atoms with Crippen molar-refractivity contribution in [3.05, 3.63) is 22.8 Å². The van der Waals surface area contributed by atoms with Crippen molar-refractivity contribution in [3.8, 4) is 0 Å². The molecule has 70 valence electrons. The van der Waals surface area contributed by atoms with E-state index in [0.717, 1.165) is 0 Å². The van der Waals surface area contributed by atoms with Gasteiger partial charge in [0.05, 0.1) is 10.6 Å². The summed E-state index contributed by atoms with van der Waals surface area (Å²) in [7, 11) is 3.28. The lowest BCUT2D eigenvalue weighted by molar-refractivity contribution is 0.0963. The van der Waals surface area contributed by atoms with Crippen LogP contribution in [0.1, 0.15) is 10.4 Å². The second-order valence-electron chi connectivity index (χ2n) is 2.38. The van der Waals surface area contributed by atoms with Gasteiger partial charge in [-0.25, -0.2) is 4.98 Å². The number of anilines is 1. The summed E-state index contributed by atoms with van der Waals surface area (Å²) in [6, 6.07) is 1.60. The highest BCUT2D eigenvalue weighted by atomic mass is 35.5. The van der Waals surface area contributed by atoms with Crippen LogP contribution in [0.2, 0.25) is 5.02 Å². The molecule has 0 atom stereocenters. The topological polar surface area (TPSA) is 54.0 Å². The van der Waals surface area contributed by atoms with Crippen LogP contribution in [-0.4, -0.2) is 25.0 Å². The zero-order valence-electron chi connectivity index (χ0n) is 7.39. The van der Waals surface area contributed by atoms with Gasteiger partial charge in [-0.3, -0.25) is 4.79 Å². The first-order valence-electron chi connectivity index (χ1n) is 3.74. The zero-order valence-corrected chi connectivity index (χ0v) is 8.14. The average molecular weight is 200 g/mol. The third kappa shape index (κ3) is 2.09. The average Bonchev–Trinajstić information content (AvgIpc) is 2.16. The van der Waals surface area contributed by atoms with Crippen LogP contribution in [0, 0.1) is 0 Å². The fraction of sp³-hybridized carbons (Fsp3) is 0.250. The Morgan fingerprint density at radius 2 is 2.23 bits per heavy atom. The number of nitrogens with zero attached hydrogens (tertiary/aromatic N) is 1. The number of amides is 1. The molecule has 1 aromatic heterocycles. The Kier molecular flexibility index (Phi) is 3.08. The van der Waals surface area contributed by atoms with Gasteiger partial charge >= 0.3 is 0 Å². The van der Waals surface area contributed by atoms with E-state index < -0.39 is 0 Å². The molecule has 0 unspecified atom stereocenters. The van der Waals surface area contributed by atoms with Crippen molar-refractivity contribution in [1.29, 1.82) is 0 Å². The molecule has 1 rings (SSSR count). The molecule has 0 aliphatic rings. The molecule has 0 aromatic carbocycles. The smallest absolute Gasteiger partial charge is 0.254 e. The minimum absolute atomic E-state index is 0.236. The maximum Gasteiger partial charge on any atom is 0.254 e. The number of carbonyl (C=O) groups is 1. The maximum atomic E-state index is 11.2. The number of hydrogen-bond donors (Lipinski definition) is 2. The number of pyridine rings is 1. The highest BCUT2D eigenvalue weighted by Crippen LogP contribution is 2.17. The van der Waals surface area contributed by atoms with Crippen LogP contribution < -0.4 is 10.6 Å². The first-order chi connectivity index (χ1) is 6.19. The first-order valence-corrected chi connectivity index (χ1v) is 4.12. The second kappa shape index (κ2) is 4.09. The Balaban J connectivity index is 3.05. The van der Waals surface area contributed by atoms with Crippen molar-refractivity contribution in [1.82, 2.24) is 10.3 Å². The van der Waals surface area contributed by atoms with Crippen LogP contribution in [0.25, 0.3) is 0 Å². The van der Waals surface area contributed by atoms with Gasteiger partial charge in [0.25, 0.3) is 5.91 Å². The van der Waals surface area contributed by atoms with Crippen LogP contribution in [0.15, 0.2) is 12.3 Å². The lowest BCUT2D eigenvalue weighted by atomic mass is 10.2. The van der Waals surface area contributed by atoms with E-state index >= 15 is 0 Å². The fourth-order valence-corrected chi connectivity index (χ4v) is 1.11. The SMILES string of the molecule is CNC(=O)c1cnc(NC)cc1Cl. The molecule has 0 spiro atoms. The van der Waals surface area contributed by atoms with Crippen LogP contribution in [-0.2, 0) is 0 Å². The van der Waals surface area contributed by atoms with E-state index in [1.165, 1.54) is 6.20 Å². The molecular weight excluding hydrogens is 190 g/mol. The van der Waals surface area contributed by atoms with Crippen LogP contribution in [0.5, 0.6) is 0 Å². The summed E-state index contributed by atoms with van der Waals surface area (Å²) in [5.41, 5.74) is 0.378. The van der Waals surface area contributed by atoms with Crippen molar-refractivity contribution in [2.45, 2.75) is 0 Å². The van der Waals surface area contributed by atoms with Gasteiger partial charge in [0.2, 0.25) is 0 Å². The fourth-order valence-electron chi connectivity index (χ4n) is 0.869. The van der Waals surface area contributed by atoms with Crippen LogP contribution >= 0.6 is 11.6 Å². The molecule has 13 heavy (non-hydrogen) atoms. The van der Waals surface area contributed by atoms with E-state index in [1.54, 1.807) is 20.2 Å². The number of rotatable bonds is 2. The zero-order chi connectivity index (χ0) is 9.84. The monoisotopic (exact) mass is 199 g/mol. The predicted molar refractivity (Wildman–Crippen MR) is 52.2 cm³/mol. The van der Waals surface area contributed by atoms with Crippen molar-refractivity contribution in [2.24, 2.45) is 0 Å². The summed E-state index contributed by atoms with van der Waals surface area (Å²) in [4.78, 5) is 15.1. The van der Waals surface area contributed by atoms with Crippen LogP contribution in [0.3, 0.4) is 0 Å². The molecule has 0 saturated heterocycles. The minimum Gasteiger partial charge on any atom is -0.373 e.